The van der Waals surface area contributed by atoms with Crippen LogP contribution in [0.4, 0.5) is 0 Å². The number of likely N-dealkylation sites (tertiary alicyclic amines) is 1. The zero-order valence-corrected chi connectivity index (χ0v) is 16.9. The van der Waals surface area contributed by atoms with Crippen molar-refractivity contribution in [1.82, 2.24) is 4.90 Å². The Morgan fingerprint density at radius 3 is 2.42 bits per heavy atom. The third kappa shape index (κ3) is 5.78. The monoisotopic (exact) mass is 377 g/mol. The van der Waals surface area contributed by atoms with Crippen LogP contribution in [-0.4, -0.2) is 44.1 Å². The summed E-state index contributed by atoms with van der Waals surface area (Å²) in [5.41, 5.74) is 0.811. The van der Waals surface area contributed by atoms with Crippen molar-refractivity contribution in [1.29, 1.82) is 0 Å². The molecule has 0 spiro atoms. The topological polar surface area (TPSA) is 72.9 Å². The maximum atomic E-state index is 12.7. The summed E-state index contributed by atoms with van der Waals surface area (Å²) < 4.78 is 10.6. The Balaban J connectivity index is 1.99. The fraction of sp³-hybridized carbons (Fsp3) is 0.526. The number of hydrogen-bond donors (Lipinski definition) is 0. The molecule has 0 radical (unpaired) electrons. The summed E-state index contributed by atoms with van der Waals surface area (Å²) in [7, 11) is -1.21. The van der Waals surface area contributed by atoms with Gasteiger partial charge in [0.25, 0.3) is 0 Å². The van der Waals surface area contributed by atoms with Gasteiger partial charge in [0.15, 0.2) is 0 Å². The summed E-state index contributed by atoms with van der Waals surface area (Å²) in [6.07, 6.45) is 0.801. The molecule has 7 heteroatoms. The molecule has 142 valence electrons. The van der Waals surface area contributed by atoms with E-state index in [1.54, 1.807) is 24.3 Å². The standard InChI is InChI=1S/C19H27NO5Si/c1-14(21)25-16-7-5-15(6-8-16)17-9-10-18(22)20(19(17)23)13-24-11-12-26(2,3)4/h5-8,17H,9-13H2,1-4H3. The molecule has 2 amide bonds. The van der Waals surface area contributed by atoms with Crippen molar-refractivity contribution in [2.75, 3.05) is 13.3 Å². The molecule has 1 heterocycles. The SMILES string of the molecule is CC(=O)Oc1ccc(C2CCC(=O)N(COCC[Si](C)(C)C)C2=O)cc1. The zero-order chi connectivity index (χ0) is 19.3. The van der Waals surface area contributed by atoms with Gasteiger partial charge in [0.1, 0.15) is 12.5 Å². The minimum atomic E-state index is -1.21. The van der Waals surface area contributed by atoms with Gasteiger partial charge >= 0.3 is 5.97 Å². The number of nitrogens with zero attached hydrogens (tertiary/aromatic N) is 1. The Labute approximate surface area is 155 Å². The van der Waals surface area contributed by atoms with E-state index in [0.717, 1.165) is 11.6 Å². The van der Waals surface area contributed by atoms with Crippen LogP contribution in [0, 0.1) is 0 Å². The molecule has 1 aliphatic rings. The zero-order valence-electron chi connectivity index (χ0n) is 15.9. The van der Waals surface area contributed by atoms with Crippen molar-refractivity contribution in [3.63, 3.8) is 0 Å². The predicted molar refractivity (Wildman–Crippen MR) is 101 cm³/mol. The first-order chi connectivity index (χ1) is 12.2. The highest BCUT2D eigenvalue weighted by Crippen LogP contribution is 2.30. The van der Waals surface area contributed by atoms with E-state index in [-0.39, 0.29) is 24.5 Å². The third-order valence-corrected chi connectivity index (χ3v) is 5.98. The van der Waals surface area contributed by atoms with Crippen molar-refractivity contribution in [2.24, 2.45) is 0 Å². The van der Waals surface area contributed by atoms with Crippen molar-refractivity contribution in [3.8, 4) is 5.75 Å². The highest BCUT2D eigenvalue weighted by molar-refractivity contribution is 6.76. The molecule has 1 atom stereocenters. The molecule has 0 saturated carbocycles. The van der Waals surface area contributed by atoms with E-state index in [9.17, 15) is 14.4 Å². The molecule has 26 heavy (non-hydrogen) atoms. The lowest BCUT2D eigenvalue weighted by molar-refractivity contribution is -0.155. The molecule has 0 bridgehead atoms. The number of benzene rings is 1. The number of hydrogen-bond acceptors (Lipinski definition) is 5. The van der Waals surface area contributed by atoms with E-state index in [4.69, 9.17) is 9.47 Å². The Bertz CT molecular complexity index is 666. The first kappa shape index (κ1) is 20.3. The molecular formula is C19H27NO5Si. The molecule has 1 unspecified atom stereocenters. The fourth-order valence-corrected chi connectivity index (χ4v) is 3.51. The van der Waals surface area contributed by atoms with Crippen LogP contribution in [0.25, 0.3) is 0 Å². The second kappa shape index (κ2) is 8.59. The molecule has 2 rings (SSSR count). The molecule has 6 nitrogen and oxygen atoms in total. The predicted octanol–water partition coefficient (Wildman–Crippen LogP) is 3.16. The van der Waals surface area contributed by atoms with Crippen molar-refractivity contribution in [2.45, 2.75) is 51.4 Å². The quantitative estimate of drug-likeness (QED) is 0.240. The van der Waals surface area contributed by atoms with Crippen LogP contribution in [0.5, 0.6) is 5.75 Å². The maximum absolute atomic E-state index is 12.7. The van der Waals surface area contributed by atoms with Gasteiger partial charge in [-0.25, -0.2) is 0 Å². The van der Waals surface area contributed by atoms with Gasteiger partial charge in [-0.3, -0.25) is 19.3 Å². The third-order valence-electron chi connectivity index (χ3n) is 4.27. The van der Waals surface area contributed by atoms with Crippen LogP contribution >= 0.6 is 0 Å². The van der Waals surface area contributed by atoms with Gasteiger partial charge in [0.2, 0.25) is 11.8 Å². The summed E-state index contributed by atoms with van der Waals surface area (Å²) in [6.45, 7) is 8.68. The van der Waals surface area contributed by atoms with Crippen molar-refractivity contribution >= 4 is 25.9 Å². The first-order valence-corrected chi connectivity index (χ1v) is 12.6. The maximum Gasteiger partial charge on any atom is 0.308 e. The molecule has 0 N–H and O–H groups in total. The van der Waals surface area contributed by atoms with Gasteiger partial charge in [-0.1, -0.05) is 31.8 Å². The Hall–Kier alpha value is -1.99. The number of carbonyl (C=O) groups excluding carboxylic acids is 3. The number of piperidine rings is 1. The highest BCUT2D eigenvalue weighted by atomic mass is 28.3. The molecule has 0 aliphatic carbocycles. The number of ether oxygens (including phenoxy) is 2. The van der Waals surface area contributed by atoms with Gasteiger partial charge in [0, 0.05) is 28.0 Å². The molecule has 1 fully saturated rings. The summed E-state index contributed by atoms with van der Waals surface area (Å²) in [5, 5.41) is 0. The molecule has 0 aromatic heterocycles. The smallest absolute Gasteiger partial charge is 0.308 e. The largest absolute Gasteiger partial charge is 0.427 e. The molecule has 1 saturated heterocycles. The lowest BCUT2D eigenvalue weighted by atomic mass is 9.89. The summed E-state index contributed by atoms with van der Waals surface area (Å²) in [5.74, 6) is -0.740. The minimum Gasteiger partial charge on any atom is -0.427 e. The Morgan fingerprint density at radius 1 is 1.19 bits per heavy atom. The minimum absolute atomic E-state index is 0.0180. The van der Waals surface area contributed by atoms with Gasteiger partial charge in [-0.2, -0.15) is 0 Å². The normalized spacial score (nSPS) is 18.2. The number of imide groups is 1. The van der Waals surface area contributed by atoms with Crippen molar-refractivity contribution < 1.29 is 23.9 Å². The van der Waals surface area contributed by atoms with Gasteiger partial charge < -0.3 is 9.47 Å². The molecule has 1 aromatic carbocycles. The van der Waals surface area contributed by atoms with Crippen LogP contribution in [0.15, 0.2) is 24.3 Å². The second-order valence-corrected chi connectivity index (χ2v) is 13.4. The Morgan fingerprint density at radius 2 is 1.85 bits per heavy atom. The molecule has 1 aromatic rings. The van der Waals surface area contributed by atoms with Gasteiger partial charge in [-0.15, -0.1) is 0 Å². The van der Waals surface area contributed by atoms with E-state index in [1.165, 1.54) is 11.8 Å². The van der Waals surface area contributed by atoms with Crippen LogP contribution in [-0.2, 0) is 19.1 Å². The van der Waals surface area contributed by atoms with Crippen LogP contribution < -0.4 is 4.74 Å². The molecule has 1 aliphatic heterocycles. The number of esters is 1. The van der Waals surface area contributed by atoms with Gasteiger partial charge in [0.05, 0.1) is 5.92 Å². The average Bonchev–Trinajstić information content (AvgIpc) is 2.53. The van der Waals surface area contributed by atoms with Crippen LogP contribution in [0.2, 0.25) is 25.7 Å². The van der Waals surface area contributed by atoms with E-state index in [0.29, 0.717) is 25.2 Å². The van der Waals surface area contributed by atoms with Crippen molar-refractivity contribution in [3.05, 3.63) is 29.8 Å². The Kier molecular flexibility index (Phi) is 6.72. The highest BCUT2D eigenvalue weighted by Gasteiger charge is 2.35. The lowest BCUT2D eigenvalue weighted by Gasteiger charge is -2.31. The first-order valence-electron chi connectivity index (χ1n) is 8.88. The molecular weight excluding hydrogens is 350 g/mol. The van der Waals surface area contributed by atoms with Crippen LogP contribution in [0.3, 0.4) is 0 Å². The van der Waals surface area contributed by atoms with E-state index in [2.05, 4.69) is 19.6 Å². The number of rotatable bonds is 7. The summed E-state index contributed by atoms with van der Waals surface area (Å²) in [4.78, 5) is 37.1. The van der Waals surface area contributed by atoms with Gasteiger partial charge in [-0.05, 0) is 30.2 Å². The van der Waals surface area contributed by atoms with E-state index in [1.807, 2.05) is 0 Å². The van der Waals surface area contributed by atoms with E-state index < -0.39 is 14.0 Å². The van der Waals surface area contributed by atoms with E-state index >= 15 is 0 Å². The lowest BCUT2D eigenvalue weighted by Crippen LogP contribution is -2.45. The number of carbonyl (C=O) groups is 3. The summed E-state index contributed by atoms with van der Waals surface area (Å²) >= 11 is 0. The fourth-order valence-electron chi connectivity index (χ4n) is 2.75. The summed E-state index contributed by atoms with van der Waals surface area (Å²) in [6, 6.07) is 7.84. The van der Waals surface area contributed by atoms with Crippen LogP contribution in [0.1, 0.15) is 31.2 Å². The number of amides is 2. The second-order valence-electron chi connectivity index (χ2n) is 7.76. The average molecular weight is 378 g/mol.